The van der Waals surface area contributed by atoms with Crippen LogP contribution >= 0.6 is 0 Å². The van der Waals surface area contributed by atoms with Crippen molar-refractivity contribution >= 4 is 17.9 Å². The number of ether oxygens (including phenoxy) is 2. The Balaban J connectivity index is 1.55. The van der Waals surface area contributed by atoms with E-state index in [4.69, 9.17) is 9.47 Å². The Morgan fingerprint density at radius 1 is 0.844 bits per heavy atom. The van der Waals surface area contributed by atoms with Crippen LogP contribution in [0.1, 0.15) is 37.3 Å². The minimum atomic E-state index is -1.06. The van der Waals surface area contributed by atoms with Gasteiger partial charge in [0.05, 0.1) is 0 Å². The van der Waals surface area contributed by atoms with Crippen molar-refractivity contribution in [3.05, 3.63) is 107 Å². The van der Waals surface area contributed by atoms with Crippen molar-refractivity contribution in [2.45, 2.75) is 43.7 Å². The van der Waals surface area contributed by atoms with E-state index in [9.17, 15) is 4.79 Å². The van der Waals surface area contributed by atoms with E-state index in [1.165, 1.54) is 0 Å². The van der Waals surface area contributed by atoms with Crippen LogP contribution in [0.2, 0.25) is 0 Å². The molecule has 0 aromatic heterocycles. The molecule has 1 saturated carbocycles. The van der Waals surface area contributed by atoms with E-state index in [2.05, 4.69) is 36.4 Å². The summed E-state index contributed by atoms with van der Waals surface area (Å²) in [5, 5.41) is 0. The second-order valence-corrected chi connectivity index (χ2v) is 9.30. The lowest BCUT2D eigenvalue weighted by molar-refractivity contribution is -0.184. The van der Waals surface area contributed by atoms with Crippen LogP contribution in [-0.4, -0.2) is 23.3 Å². The molecular formula is C29H26O3. The predicted octanol–water partition coefficient (Wildman–Crippen LogP) is 5.90. The summed E-state index contributed by atoms with van der Waals surface area (Å²) in [5.74, 6) is -0.962. The highest BCUT2D eigenvalue weighted by Crippen LogP contribution is 2.64. The standard InChI is InChI=1S/C29H26O3/c1-27-17-8-9-18-28(27)31-26(25(27)30)29(32-28)23(19-21-11-4-2-5-12-21)15-10-16-24(29)20-22-13-6-3-7-14-22/h2-9,11-14,17-20,26H,10,15-16H2,1H3/b23-19+,24-20+/t26-,27+,28-/m0/s1. The average molecular weight is 423 g/mol. The molecule has 2 aromatic carbocycles. The zero-order chi connectivity index (χ0) is 21.8. The molecule has 2 saturated heterocycles. The largest absolute Gasteiger partial charge is 0.330 e. The van der Waals surface area contributed by atoms with Crippen molar-refractivity contribution in [1.82, 2.24) is 0 Å². The molecule has 2 heterocycles. The molecule has 3 fully saturated rings. The molecule has 3 atom stereocenters. The topological polar surface area (TPSA) is 35.5 Å². The molecule has 6 rings (SSSR count). The summed E-state index contributed by atoms with van der Waals surface area (Å²) in [5.41, 5.74) is 2.79. The molecule has 0 amide bonds. The van der Waals surface area contributed by atoms with Gasteiger partial charge >= 0.3 is 0 Å². The van der Waals surface area contributed by atoms with Gasteiger partial charge in [0.1, 0.15) is 11.0 Å². The summed E-state index contributed by atoms with van der Waals surface area (Å²) < 4.78 is 13.5. The molecule has 2 bridgehead atoms. The lowest BCUT2D eigenvalue weighted by Gasteiger charge is -2.48. The fourth-order valence-electron chi connectivity index (χ4n) is 5.73. The minimum absolute atomic E-state index is 0.101. The maximum Gasteiger partial charge on any atom is 0.206 e. The fraction of sp³-hybridized carbons (Fsp3) is 0.276. The van der Waals surface area contributed by atoms with E-state index >= 15 is 0 Å². The van der Waals surface area contributed by atoms with E-state index in [0.29, 0.717) is 0 Å². The summed E-state index contributed by atoms with van der Waals surface area (Å²) >= 11 is 0. The van der Waals surface area contributed by atoms with E-state index in [1.54, 1.807) is 0 Å². The van der Waals surface area contributed by atoms with Gasteiger partial charge in [0.2, 0.25) is 5.79 Å². The number of Topliss-reactive ketones (excluding diaryl/α,β-unsaturated/α-hetero) is 1. The van der Waals surface area contributed by atoms with E-state index in [1.807, 2.05) is 67.6 Å². The third kappa shape index (κ3) is 2.58. The number of carbonyl (C=O) groups excluding carboxylic acids is 1. The minimum Gasteiger partial charge on any atom is -0.330 e. The zero-order valence-electron chi connectivity index (χ0n) is 18.2. The van der Waals surface area contributed by atoms with Crippen LogP contribution in [0.25, 0.3) is 12.2 Å². The molecule has 0 N–H and O–H groups in total. The number of fused-ring (bicyclic) bond motifs is 2. The van der Waals surface area contributed by atoms with Crippen molar-refractivity contribution in [2.24, 2.45) is 5.41 Å². The zero-order valence-corrected chi connectivity index (χ0v) is 18.2. The monoisotopic (exact) mass is 422 g/mol. The van der Waals surface area contributed by atoms with Crippen LogP contribution in [0.3, 0.4) is 0 Å². The molecular weight excluding hydrogens is 396 g/mol. The molecule has 3 nitrogen and oxygen atoms in total. The van der Waals surface area contributed by atoms with Gasteiger partial charge in [-0.2, -0.15) is 0 Å². The molecule has 160 valence electrons. The number of allylic oxidation sites excluding steroid dienone is 2. The molecule has 2 aliphatic carbocycles. The molecule has 2 spiro atoms. The molecule has 2 aliphatic heterocycles. The third-order valence-electron chi connectivity index (χ3n) is 7.43. The number of carbonyl (C=O) groups is 1. The van der Waals surface area contributed by atoms with Crippen molar-refractivity contribution in [3.8, 4) is 0 Å². The maximum atomic E-state index is 13.8. The Labute approximate surface area is 188 Å². The van der Waals surface area contributed by atoms with E-state index in [0.717, 1.165) is 41.5 Å². The maximum absolute atomic E-state index is 13.8. The second kappa shape index (κ2) is 6.99. The molecule has 2 aromatic rings. The highest BCUT2D eigenvalue weighted by molar-refractivity contribution is 5.98. The number of hydrogen-bond donors (Lipinski definition) is 0. The van der Waals surface area contributed by atoms with Crippen LogP contribution < -0.4 is 0 Å². The van der Waals surface area contributed by atoms with E-state index < -0.39 is 22.9 Å². The number of rotatable bonds is 2. The average Bonchev–Trinajstić information content (AvgIpc) is 3.27. The van der Waals surface area contributed by atoms with Crippen LogP contribution in [0, 0.1) is 5.41 Å². The Morgan fingerprint density at radius 2 is 1.41 bits per heavy atom. The van der Waals surface area contributed by atoms with Crippen molar-refractivity contribution < 1.29 is 14.3 Å². The smallest absolute Gasteiger partial charge is 0.206 e. The van der Waals surface area contributed by atoms with Gasteiger partial charge in [-0.1, -0.05) is 91.0 Å². The molecule has 3 heteroatoms. The summed E-state index contributed by atoms with van der Waals surface area (Å²) in [6, 6.07) is 20.6. The first-order valence-electron chi connectivity index (χ1n) is 11.4. The first-order chi connectivity index (χ1) is 15.6. The molecule has 32 heavy (non-hydrogen) atoms. The Morgan fingerprint density at radius 3 is 2.00 bits per heavy atom. The van der Waals surface area contributed by atoms with Gasteiger partial charge in [0.15, 0.2) is 11.9 Å². The SMILES string of the molecule is C[C@]12C=CC=C[C@@]13O[C@@H](C2=O)C1(O3)/C(=C/c2ccccc2)CCC/C1=C\c1ccccc1. The van der Waals surface area contributed by atoms with Crippen LogP contribution in [0.4, 0.5) is 0 Å². The number of benzene rings is 2. The lowest BCUT2D eigenvalue weighted by Crippen LogP contribution is -2.60. The summed E-state index contributed by atoms with van der Waals surface area (Å²) in [6.07, 6.45) is 14.2. The van der Waals surface area contributed by atoms with Crippen molar-refractivity contribution in [2.75, 3.05) is 0 Å². The van der Waals surface area contributed by atoms with Gasteiger partial charge in [-0.3, -0.25) is 4.79 Å². The molecule has 0 radical (unpaired) electrons. The van der Waals surface area contributed by atoms with Crippen LogP contribution in [-0.2, 0) is 14.3 Å². The van der Waals surface area contributed by atoms with Crippen molar-refractivity contribution in [3.63, 3.8) is 0 Å². The molecule has 0 unspecified atom stereocenters. The van der Waals surface area contributed by atoms with Gasteiger partial charge < -0.3 is 9.47 Å². The first-order valence-corrected chi connectivity index (χ1v) is 11.4. The van der Waals surface area contributed by atoms with Gasteiger partial charge in [0.25, 0.3) is 0 Å². The number of hydrogen-bond acceptors (Lipinski definition) is 3. The summed E-state index contributed by atoms with van der Waals surface area (Å²) in [4.78, 5) is 13.8. The quantitative estimate of drug-likeness (QED) is 0.604. The highest BCUT2D eigenvalue weighted by atomic mass is 16.8. The van der Waals surface area contributed by atoms with E-state index in [-0.39, 0.29) is 5.78 Å². The highest BCUT2D eigenvalue weighted by Gasteiger charge is 2.76. The normalized spacial score (nSPS) is 37.5. The summed E-state index contributed by atoms with van der Waals surface area (Å²) in [6.45, 7) is 1.94. The lowest BCUT2D eigenvalue weighted by atomic mass is 9.64. The van der Waals surface area contributed by atoms with Crippen LogP contribution in [0.15, 0.2) is 96.1 Å². The Bertz CT molecular complexity index is 1130. The van der Waals surface area contributed by atoms with Gasteiger partial charge in [0, 0.05) is 0 Å². The van der Waals surface area contributed by atoms with Crippen molar-refractivity contribution in [1.29, 1.82) is 0 Å². The second-order valence-electron chi connectivity index (χ2n) is 9.30. The first kappa shape index (κ1) is 19.7. The Hall–Kier alpha value is -3.01. The third-order valence-corrected chi connectivity index (χ3v) is 7.43. The van der Waals surface area contributed by atoms with Gasteiger partial charge in [-0.15, -0.1) is 0 Å². The predicted molar refractivity (Wildman–Crippen MR) is 126 cm³/mol. The fourth-order valence-corrected chi connectivity index (χ4v) is 5.73. The van der Waals surface area contributed by atoms with Crippen LogP contribution in [0.5, 0.6) is 0 Å². The van der Waals surface area contributed by atoms with Gasteiger partial charge in [-0.05, 0) is 54.5 Å². The van der Waals surface area contributed by atoms with Gasteiger partial charge in [-0.25, -0.2) is 0 Å². The molecule has 4 aliphatic rings. The Kier molecular flexibility index (Phi) is 4.30. The summed E-state index contributed by atoms with van der Waals surface area (Å²) in [7, 11) is 0. The number of ketones is 1.